The summed E-state index contributed by atoms with van der Waals surface area (Å²) in [4.78, 5) is 16.2. The summed E-state index contributed by atoms with van der Waals surface area (Å²) in [6.07, 6.45) is 0. The topological polar surface area (TPSA) is 80.5 Å². The number of thiazole rings is 1. The Morgan fingerprint density at radius 1 is 1.20 bits per heavy atom. The van der Waals surface area contributed by atoms with E-state index in [1.54, 1.807) is 31.4 Å². The van der Waals surface area contributed by atoms with Crippen LogP contribution in [0.5, 0.6) is 5.75 Å². The molecule has 8 heteroatoms. The number of methoxy groups -OCH3 is 1. The molecule has 0 radical (unpaired) electrons. The number of hydrazine groups is 1. The Labute approximate surface area is 153 Å². The van der Waals surface area contributed by atoms with Crippen molar-refractivity contribution in [1.29, 1.82) is 0 Å². The molecule has 0 aliphatic carbocycles. The van der Waals surface area contributed by atoms with Gasteiger partial charge in [0.15, 0.2) is 0 Å². The molecule has 0 saturated heterocycles. The molecule has 1 aromatic heterocycles. The van der Waals surface area contributed by atoms with E-state index in [0.717, 1.165) is 17.0 Å². The van der Waals surface area contributed by atoms with E-state index in [-0.39, 0.29) is 0 Å². The zero-order chi connectivity index (χ0) is 17.8. The van der Waals surface area contributed by atoms with Crippen LogP contribution in [0.2, 0.25) is 5.02 Å². The van der Waals surface area contributed by atoms with Crippen molar-refractivity contribution in [3.05, 3.63) is 58.9 Å². The number of amides is 2. The number of nitrogens with one attached hydrogen (secondary N) is 1. The van der Waals surface area contributed by atoms with Gasteiger partial charge in [0.2, 0.25) is 5.13 Å². The molecule has 6 nitrogen and oxygen atoms in total. The van der Waals surface area contributed by atoms with Gasteiger partial charge in [-0.3, -0.25) is 5.43 Å². The maximum Gasteiger partial charge on any atom is 0.338 e. The number of nitrogens with two attached hydrogens (primary N) is 1. The number of nitrogens with zero attached hydrogens (tertiary/aromatic N) is 2. The van der Waals surface area contributed by atoms with Gasteiger partial charge in [0.25, 0.3) is 0 Å². The van der Waals surface area contributed by atoms with Gasteiger partial charge in [-0.05, 0) is 48.5 Å². The van der Waals surface area contributed by atoms with E-state index >= 15 is 0 Å². The molecular weight excluding hydrogens is 360 g/mol. The van der Waals surface area contributed by atoms with Crippen molar-refractivity contribution in [2.45, 2.75) is 0 Å². The van der Waals surface area contributed by atoms with Gasteiger partial charge in [-0.1, -0.05) is 11.6 Å². The van der Waals surface area contributed by atoms with Crippen LogP contribution < -0.4 is 20.9 Å². The summed E-state index contributed by atoms with van der Waals surface area (Å²) >= 11 is 7.24. The molecule has 0 spiro atoms. The zero-order valence-corrected chi connectivity index (χ0v) is 14.8. The maximum atomic E-state index is 11.8. The molecule has 0 fully saturated rings. The molecule has 2 amide bonds. The van der Waals surface area contributed by atoms with E-state index in [1.807, 2.05) is 29.6 Å². The van der Waals surface area contributed by atoms with Crippen molar-refractivity contribution in [3.63, 3.8) is 0 Å². The second-order valence-electron chi connectivity index (χ2n) is 5.03. The van der Waals surface area contributed by atoms with E-state index in [9.17, 15) is 4.79 Å². The zero-order valence-electron chi connectivity index (χ0n) is 13.3. The van der Waals surface area contributed by atoms with Crippen LogP contribution in [-0.2, 0) is 0 Å². The Kier molecular flexibility index (Phi) is 5.06. The van der Waals surface area contributed by atoms with Crippen LogP contribution in [-0.4, -0.2) is 18.1 Å². The van der Waals surface area contributed by atoms with Crippen LogP contribution in [0.15, 0.2) is 53.9 Å². The van der Waals surface area contributed by atoms with Gasteiger partial charge >= 0.3 is 6.03 Å². The molecule has 0 aliphatic heterocycles. The molecule has 0 atom stereocenters. The third kappa shape index (κ3) is 4.01. The summed E-state index contributed by atoms with van der Waals surface area (Å²) in [6.45, 7) is 0. The molecule has 2 aromatic carbocycles. The minimum absolute atomic E-state index is 0.541. The Morgan fingerprint density at radius 2 is 1.88 bits per heavy atom. The number of ether oxygens (including phenoxy) is 1. The summed E-state index contributed by atoms with van der Waals surface area (Å²) in [5.41, 5.74) is 10.7. The Balaban J connectivity index is 1.80. The van der Waals surface area contributed by atoms with E-state index in [4.69, 9.17) is 22.1 Å². The number of primary amides is 1. The lowest BCUT2D eigenvalue weighted by atomic mass is 10.2. The largest absolute Gasteiger partial charge is 0.497 e. The van der Waals surface area contributed by atoms with E-state index in [2.05, 4.69) is 10.4 Å². The lowest BCUT2D eigenvalue weighted by Gasteiger charge is -2.20. The van der Waals surface area contributed by atoms with Gasteiger partial charge in [-0.25, -0.2) is 14.8 Å². The Morgan fingerprint density at radius 3 is 2.48 bits per heavy atom. The summed E-state index contributed by atoms with van der Waals surface area (Å²) in [7, 11) is 1.62. The lowest BCUT2D eigenvalue weighted by Crippen LogP contribution is -2.40. The highest BCUT2D eigenvalue weighted by molar-refractivity contribution is 7.14. The van der Waals surface area contributed by atoms with Gasteiger partial charge in [-0.15, -0.1) is 11.3 Å². The molecule has 1 heterocycles. The van der Waals surface area contributed by atoms with Crippen molar-refractivity contribution in [2.24, 2.45) is 5.73 Å². The van der Waals surface area contributed by atoms with Crippen molar-refractivity contribution < 1.29 is 9.53 Å². The van der Waals surface area contributed by atoms with Crippen molar-refractivity contribution >= 4 is 39.8 Å². The fourth-order valence-electron chi connectivity index (χ4n) is 2.15. The second kappa shape index (κ2) is 7.42. The summed E-state index contributed by atoms with van der Waals surface area (Å²) in [5.74, 6) is 0.778. The van der Waals surface area contributed by atoms with Crippen molar-refractivity contribution in [3.8, 4) is 17.0 Å². The average Bonchev–Trinajstić information content (AvgIpc) is 3.09. The molecule has 25 heavy (non-hydrogen) atoms. The number of hydrogen-bond acceptors (Lipinski definition) is 5. The fourth-order valence-corrected chi connectivity index (χ4v) is 2.99. The maximum absolute atomic E-state index is 11.8. The van der Waals surface area contributed by atoms with Crippen LogP contribution >= 0.6 is 22.9 Å². The Bertz CT molecular complexity index is 865. The predicted molar refractivity (Wildman–Crippen MR) is 101 cm³/mol. The van der Waals surface area contributed by atoms with E-state index in [1.165, 1.54) is 16.3 Å². The smallest absolute Gasteiger partial charge is 0.338 e. The number of carbonyl (C=O) groups excluding carboxylic acids is 1. The number of benzene rings is 2. The molecule has 3 rings (SSSR count). The number of halogens is 1. The predicted octanol–water partition coefficient (Wildman–Crippen LogP) is 4.38. The van der Waals surface area contributed by atoms with Crippen molar-refractivity contribution in [1.82, 2.24) is 4.98 Å². The lowest BCUT2D eigenvalue weighted by molar-refractivity contribution is 0.255. The molecule has 3 aromatic rings. The van der Waals surface area contributed by atoms with Gasteiger partial charge in [0.05, 0.1) is 18.5 Å². The molecule has 3 N–H and O–H groups in total. The number of anilines is 2. The Hall–Kier alpha value is -2.77. The number of urea groups is 1. The second-order valence-corrected chi connectivity index (χ2v) is 6.32. The molecule has 0 unspecified atom stereocenters. The third-order valence-corrected chi connectivity index (χ3v) is 4.40. The standard InChI is InChI=1S/C17H15ClN4O2S/c1-24-14-8-2-11(3-9-14)15-10-25-17(20-15)21-22(16(19)23)13-6-4-12(18)5-7-13/h2-10H,1H3,(H2,19,23)(H,20,21). The number of hydrogen-bond donors (Lipinski definition) is 2. The first kappa shape index (κ1) is 17.1. The number of rotatable bonds is 5. The molecule has 0 aliphatic rings. The monoisotopic (exact) mass is 374 g/mol. The molecule has 0 bridgehead atoms. The first-order valence-corrected chi connectivity index (χ1v) is 8.54. The minimum Gasteiger partial charge on any atom is -0.497 e. The third-order valence-electron chi connectivity index (χ3n) is 3.40. The average molecular weight is 375 g/mol. The fraction of sp³-hybridized carbons (Fsp3) is 0.0588. The highest BCUT2D eigenvalue weighted by atomic mass is 35.5. The minimum atomic E-state index is -0.650. The van der Waals surface area contributed by atoms with E-state index in [0.29, 0.717) is 15.8 Å². The number of carbonyl (C=O) groups is 1. The van der Waals surface area contributed by atoms with Crippen LogP contribution in [0.1, 0.15) is 0 Å². The highest BCUT2D eigenvalue weighted by Crippen LogP contribution is 2.27. The van der Waals surface area contributed by atoms with Crippen LogP contribution in [0, 0.1) is 0 Å². The molecular formula is C17H15ClN4O2S. The SMILES string of the molecule is COc1ccc(-c2csc(NN(C(N)=O)c3ccc(Cl)cc3)n2)cc1. The van der Waals surface area contributed by atoms with Crippen LogP contribution in [0.25, 0.3) is 11.3 Å². The highest BCUT2D eigenvalue weighted by Gasteiger charge is 2.15. The van der Waals surface area contributed by atoms with Crippen LogP contribution in [0.3, 0.4) is 0 Å². The van der Waals surface area contributed by atoms with Crippen molar-refractivity contribution in [2.75, 3.05) is 17.5 Å². The summed E-state index contributed by atoms with van der Waals surface area (Å²) in [6, 6.07) is 13.7. The summed E-state index contributed by atoms with van der Waals surface area (Å²) in [5, 5.41) is 4.22. The van der Waals surface area contributed by atoms with Crippen LogP contribution in [0.4, 0.5) is 15.6 Å². The first-order chi connectivity index (χ1) is 12.1. The van der Waals surface area contributed by atoms with Gasteiger partial charge in [0, 0.05) is 16.0 Å². The first-order valence-electron chi connectivity index (χ1n) is 7.28. The van der Waals surface area contributed by atoms with E-state index < -0.39 is 6.03 Å². The number of aromatic nitrogens is 1. The normalized spacial score (nSPS) is 10.3. The van der Waals surface area contributed by atoms with Gasteiger partial charge in [0.1, 0.15) is 5.75 Å². The quantitative estimate of drug-likeness (QED) is 0.649. The van der Waals surface area contributed by atoms with Gasteiger partial charge in [-0.2, -0.15) is 0 Å². The molecule has 0 saturated carbocycles. The summed E-state index contributed by atoms with van der Waals surface area (Å²) < 4.78 is 5.15. The van der Waals surface area contributed by atoms with Gasteiger partial charge < -0.3 is 10.5 Å². The molecule has 128 valence electrons.